The first-order valence-corrected chi connectivity index (χ1v) is 21.3. The first-order valence-electron chi connectivity index (χ1n) is 20.9. The molecule has 4 fully saturated rings. The fourth-order valence-corrected chi connectivity index (χ4v) is 11.2. The Morgan fingerprint density at radius 1 is 0.817 bits per heavy atom. The van der Waals surface area contributed by atoms with Crippen molar-refractivity contribution in [3.8, 4) is 23.7 Å². The van der Waals surface area contributed by atoms with Crippen LogP contribution in [0.4, 0.5) is 5.69 Å². The van der Waals surface area contributed by atoms with Crippen molar-refractivity contribution in [2.75, 3.05) is 31.1 Å². The highest BCUT2D eigenvalue weighted by atomic mass is 35.5. The van der Waals surface area contributed by atoms with Crippen molar-refractivity contribution in [2.45, 2.75) is 97.5 Å². The first-order chi connectivity index (χ1) is 28.6. The number of fused-ring (bicyclic) bond motifs is 2. The number of benzene rings is 3. The summed E-state index contributed by atoms with van der Waals surface area (Å²) in [5, 5.41) is 9.78. The molecule has 1 unspecified atom stereocenters. The lowest BCUT2D eigenvalue weighted by atomic mass is 9.49. The second kappa shape index (κ2) is 14.6. The summed E-state index contributed by atoms with van der Waals surface area (Å²) in [5.41, 5.74) is 4.54. The highest BCUT2D eigenvalue weighted by Gasteiger charge is 2.67. The van der Waals surface area contributed by atoms with Gasteiger partial charge >= 0.3 is 0 Å². The molecule has 9 rings (SSSR count). The second-order valence-electron chi connectivity index (χ2n) is 18.6. The van der Waals surface area contributed by atoms with Crippen LogP contribution in [0.3, 0.4) is 0 Å². The van der Waals surface area contributed by atoms with Crippen molar-refractivity contribution in [3.05, 3.63) is 92.5 Å². The van der Waals surface area contributed by atoms with E-state index in [0.717, 1.165) is 59.0 Å². The zero-order chi connectivity index (χ0) is 42.4. The van der Waals surface area contributed by atoms with E-state index >= 15 is 0 Å². The smallest absolute Gasteiger partial charge is 0.262 e. The van der Waals surface area contributed by atoms with Crippen molar-refractivity contribution in [1.29, 1.82) is 5.26 Å². The molecule has 12 heteroatoms. The standard InChI is InChI=1S/C48H48ClN5O6/c1-27-40(18-12-30(21-50)41(27)49)60-46-47(2,3)45(48(46,4)5)53-24-31-19-28(11-15-35(31)42(53)57)9-10-29-22-51(23-29)33-25-52(26-33)32-13-16-36-37(20-32)44(59)54(43(36)58)38-17-14-34(55)7-6-8-39(38)56/h11-13,15-16,18-20,29,33,38,45-46H,6-8,14,17,22-26H2,1-5H3. The maximum absolute atomic E-state index is 13.9. The molecular formula is C48H48ClN5O6. The third kappa shape index (κ3) is 6.40. The number of imide groups is 1. The Hall–Kier alpha value is -5.49. The van der Waals surface area contributed by atoms with Crippen LogP contribution in [0.25, 0.3) is 0 Å². The number of nitrogens with zero attached hydrogens (tertiary/aromatic N) is 5. The molecule has 2 saturated heterocycles. The molecule has 2 aliphatic carbocycles. The summed E-state index contributed by atoms with van der Waals surface area (Å²) < 4.78 is 6.60. The molecule has 6 aliphatic rings. The van der Waals surface area contributed by atoms with Gasteiger partial charge in [-0.1, -0.05) is 51.1 Å². The monoisotopic (exact) mass is 825 g/mol. The van der Waals surface area contributed by atoms with Crippen LogP contribution >= 0.6 is 11.6 Å². The van der Waals surface area contributed by atoms with Crippen LogP contribution < -0.4 is 9.64 Å². The molecular weight excluding hydrogens is 778 g/mol. The number of anilines is 1. The van der Waals surface area contributed by atoms with Crippen LogP contribution in [0.1, 0.15) is 113 Å². The summed E-state index contributed by atoms with van der Waals surface area (Å²) in [6.45, 7) is 14.3. The fraction of sp³-hybridized carbons (Fsp3) is 0.458. The van der Waals surface area contributed by atoms with Gasteiger partial charge in [0.1, 0.15) is 23.7 Å². The van der Waals surface area contributed by atoms with Crippen molar-refractivity contribution in [1.82, 2.24) is 14.7 Å². The molecule has 308 valence electrons. The molecule has 0 aromatic heterocycles. The van der Waals surface area contributed by atoms with E-state index in [1.807, 2.05) is 30.0 Å². The van der Waals surface area contributed by atoms with Gasteiger partial charge in [0.15, 0.2) is 5.78 Å². The number of carbonyl (C=O) groups is 5. The molecule has 2 saturated carbocycles. The average Bonchev–Trinajstić information content (AvgIpc) is 3.61. The molecule has 3 aromatic carbocycles. The molecule has 11 nitrogen and oxygen atoms in total. The number of hydrogen-bond acceptors (Lipinski definition) is 9. The van der Waals surface area contributed by atoms with E-state index in [2.05, 4.69) is 61.5 Å². The van der Waals surface area contributed by atoms with Crippen LogP contribution in [0.5, 0.6) is 5.75 Å². The number of likely N-dealkylation sites (tertiary alicyclic amines) is 1. The van der Waals surface area contributed by atoms with Crippen LogP contribution in [-0.2, 0) is 16.1 Å². The summed E-state index contributed by atoms with van der Waals surface area (Å²) in [6.07, 6.45) is 1.21. The minimum absolute atomic E-state index is 0.0261. The molecule has 0 radical (unpaired) electrons. The van der Waals surface area contributed by atoms with Gasteiger partial charge in [-0.15, -0.1) is 0 Å². The Balaban J connectivity index is 0.785. The van der Waals surface area contributed by atoms with E-state index in [9.17, 15) is 29.2 Å². The maximum atomic E-state index is 13.9. The van der Waals surface area contributed by atoms with Gasteiger partial charge in [-0.3, -0.25) is 33.8 Å². The minimum atomic E-state index is -0.890. The summed E-state index contributed by atoms with van der Waals surface area (Å²) in [6, 6.07) is 16.3. The Labute approximate surface area is 355 Å². The number of ketones is 2. The summed E-state index contributed by atoms with van der Waals surface area (Å²) >= 11 is 6.46. The Bertz CT molecular complexity index is 2480. The number of ether oxygens (including phenoxy) is 1. The third-order valence-corrected chi connectivity index (χ3v) is 14.4. The highest BCUT2D eigenvalue weighted by molar-refractivity contribution is 6.32. The molecule has 60 heavy (non-hydrogen) atoms. The minimum Gasteiger partial charge on any atom is -0.489 e. The van der Waals surface area contributed by atoms with Crippen LogP contribution in [0.2, 0.25) is 5.02 Å². The lowest BCUT2D eigenvalue weighted by Gasteiger charge is -2.65. The van der Waals surface area contributed by atoms with Gasteiger partial charge in [0, 0.05) is 103 Å². The van der Waals surface area contributed by atoms with Crippen molar-refractivity contribution >= 4 is 46.6 Å². The number of amides is 3. The van der Waals surface area contributed by atoms with Gasteiger partial charge in [0.05, 0.1) is 27.8 Å². The van der Waals surface area contributed by atoms with E-state index in [0.29, 0.717) is 52.9 Å². The van der Waals surface area contributed by atoms with Gasteiger partial charge < -0.3 is 14.5 Å². The van der Waals surface area contributed by atoms with Gasteiger partial charge in [0.2, 0.25) is 0 Å². The Morgan fingerprint density at radius 2 is 1.53 bits per heavy atom. The molecule has 4 heterocycles. The Kier molecular flexibility index (Phi) is 9.72. The lowest BCUT2D eigenvalue weighted by molar-refractivity contribution is -0.199. The van der Waals surface area contributed by atoms with E-state index in [1.54, 1.807) is 24.3 Å². The van der Waals surface area contributed by atoms with Gasteiger partial charge in [-0.2, -0.15) is 5.26 Å². The van der Waals surface area contributed by atoms with Gasteiger partial charge in [-0.05, 0) is 73.9 Å². The third-order valence-electron chi connectivity index (χ3n) is 13.9. The second-order valence-corrected chi connectivity index (χ2v) is 19.0. The van der Waals surface area contributed by atoms with Crippen LogP contribution in [0.15, 0.2) is 48.5 Å². The maximum Gasteiger partial charge on any atom is 0.262 e. The number of Topliss-reactive ketones (excluding diaryl/α,β-unsaturated/α-hetero) is 2. The fourth-order valence-electron chi connectivity index (χ4n) is 11.0. The zero-order valence-electron chi connectivity index (χ0n) is 34.6. The van der Waals surface area contributed by atoms with E-state index < -0.39 is 17.9 Å². The van der Waals surface area contributed by atoms with E-state index in [4.69, 9.17) is 16.3 Å². The Morgan fingerprint density at radius 3 is 2.27 bits per heavy atom. The van der Waals surface area contributed by atoms with Crippen LogP contribution in [-0.4, -0.2) is 94.4 Å². The average molecular weight is 826 g/mol. The van der Waals surface area contributed by atoms with Gasteiger partial charge in [-0.25, -0.2) is 0 Å². The molecule has 0 N–H and O–H groups in total. The molecule has 0 spiro atoms. The topological polar surface area (TPSA) is 131 Å². The number of halogens is 1. The van der Waals surface area contributed by atoms with Crippen molar-refractivity contribution in [3.63, 3.8) is 0 Å². The molecule has 3 amide bonds. The van der Waals surface area contributed by atoms with Gasteiger partial charge in [0.25, 0.3) is 17.7 Å². The quantitative estimate of drug-likeness (QED) is 0.200. The zero-order valence-corrected chi connectivity index (χ0v) is 35.4. The predicted molar refractivity (Wildman–Crippen MR) is 225 cm³/mol. The summed E-state index contributed by atoms with van der Waals surface area (Å²) in [4.78, 5) is 73.4. The summed E-state index contributed by atoms with van der Waals surface area (Å²) in [5.74, 6) is 6.76. The largest absolute Gasteiger partial charge is 0.489 e. The van der Waals surface area contributed by atoms with Crippen molar-refractivity contribution in [2.24, 2.45) is 16.7 Å². The number of rotatable bonds is 6. The normalized spacial score (nSPS) is 25.0. The SMILES string of the molecule is Cc1c(OC2C(C)(C)C(N3Cc4cc(C#CC5CN(C6CN(c7ccc8c(c7)C(=O)N(C7CCC(=O)CCCC7=O)C8=O)C6)C5)ccc4C3=O)C2(C)C)ccc(C#N)c1Cl. The molecule has 3 aromatic rings. The summed E-state index contributed by atoms with van der Waals surface area (Å²) in [7, 11) is 0. The van der Waals surface area contributed by atoms with E-state index in [1.165, 1.54) is 0 Å². The number of hydrogen-bond donors (Lipinski definition) is 0. The van der Waals surface area contributed by atoms with Crippen molar-refractivity contribution < 1.29 is 28.7 Å². The number of carbonyl (C=O) groups excluding carboxylic acids is 5. The molecule has 1 atom stereocenters. The molecule has 0 bridgehead atoms. The van der Waals surface area contributed by atoms with Crippen LogP contribution in [0, 0.1) is 46.8 Å². The lowest BCUT2D eigenvalue weighted by Crippen LogP contribution is -2.74. The first kappa shape index (κ1) is 39.9. The molecule has 4 aliphatic heterocycles. The predicted octanol–water partition coefficient (Wildman–Crippen LogP) is 6.60. The highest BCUT2D eigenvalue weighted by Crippen LogP contribution is 2.59. The van der Waals surface area contributed by atoms with E-state index in [-0.39, 0.29) is 65.6 Å². The number of nitriles is 1.